The Balaban J connectivity index is 2.95. The Morgan fingerprint density at radius 2 is 2.11 bits per heavy atom. The summed E-state index contributed by atoms with van der Waals surface area (Å²) in [5.74, 6) is -0.768. The van der Waals surface area contributed by atoms with E-state index in [9.17, 15) is 20.0 Å². The highest BCUT2D eigenvalue weighted by Gasteiger charge is 2.54. The average Bonchev–Trinajstić information content (AvgIpc) is 2.27. The van der Waals surface area contributed by atoms with E-state index in [2.05, 4.69) is 0 Å². The van der Waals surface area contributed by atoms with Gasteiger partial charge in [-0.25, -0.2) is 0 Å². The zero-order valence-electron chi connectivity index (χ0n) is 11.4. The Morgan fingerprint density at radius 1 is 1.50 bits per heavy atom. The summed E-state index contributed by atoms with van der Waals surface area (Å²) in [6.45, 7) is 5.02. The van der Waals surface area contributed by atoms with E-state index in [1.807, 2.05) is 6.92 Å². The summed E-state index contributed by atoms with van der Waals surface area (Å²) in [5, 5.41) is 21.6. The zero-order valence-corrected chi connectivity index (χ0v) is 11.4. The molecule has 0 saturated heterocycles. The fourth-order valence-corrected chi connectivity index (χ4v) is 2.93. The molecule has 0 bridgehead atoms. The van der Waals surface area contributed by atoms with E-state index in [1.54, 1.807) is 6.92 Å². The number of rotatable bonds is 5. The molecule has 0 aromatic heterocycles. The maximum atomic E-state index is 11.6. The Kier molecular flexibility index (Phi) is 4.48. The minimum absolute atomic E-state index is 0.151. The molecule has 0 spiro atoms. The van der Waals surface area contributed by atoms with Gasteiger partial charge in [0.25, 0.3) is 0 Å². The van der Waals surface area contributed by atoms with Gasteiger partial charge in [-0.3, -0.25) is 14.9 Å². The molecule has 5 nitrogen and oxygen atoms in total. The third-order valence-electron chi connectivity index (χ3n) is 4.30. The topological polar surface area (TPSA) is 80.4 Å². The number of unbranched alkanes of at least 4 members (excludes halogenated alkanes) is 1. The molecule has 1 saturated carbocycles. The molecule has 1 N–H and O–H groups in total. The molecule has 0 unspecified atom stereocenters. The van der Waals surface area contributed by atoms with Gasteiger partial charge in [-0.05, 0) is 26.7 Å². The number of nitro groups is 1. The first-order chi connectivity index (χ1) is 8.25. The van der Waals surface area contributed by atoms with Gasteiger partial charge in [-0.1, -0.05) is 13.3 Å². The standard InChI is InChI=1S/C13H23NO4/c1-4-5-6-13(14(17)18)8-7-12(3,16)11(9-13)10(2)15/h11,16H,4-9H2,1-3H3/t11-,12-,13-/m1/s1. The molecule has 3 atom stereocenters. The summed E-state index contributed by atoms with van der Waals surface area (Å²) < 4.78 is 0. The van der Waals surface area contributed by atoms with Crippen LogP contribution in [0.2, 0.25) is 0 Å². The maximum Gasteiger partial charge on any atom is 0.223 e. The number of hydrogen-bond acceptors (Lipinski definition) is 4. The van der Waals surface area contributed by atoms with E-state index in [-0.39, 0.29) is 17.1 Å². The van der Waals surface area contributed by atoms with Gasteiger partial charge in [0.05, 0.1) is 11.5 Å². The molecule has 0 radical (unpaired) electrons. The Labute approximate surface area is 108 Å². The van der Waals surface area contributed by atoms with Crippen molar-refractivity contribution in [3.05, 3.63) is 10.1 Å². The molecule has 1 rings (SSSR count). The molecule has 18 heavy (non-hydrogen) atoms. The zero-order chi connectivity index (χ0) is 14.0. The average molecular weight is 257 g/mol. The molecule has 0 aliphatic heterocycles. The van der Waals surface area contributed by atoms with Gasteiger partial charge in [-0.15, -0.1) is 0 Å². The highest BCUT2D eigenvalue weighted by atomic mass is 16.6. The minimum atomic E-state index is -1.10. The van der Waals surface area contributed by atoms with Crippen molar-refractivity contribution in [3.8, 4) is 0 Å². The summed E-state index contributed by atoms with van der Waals surface area (Å²) in [7, 11) is 0. The Hall–Kier alpha value is -0.970. The van der Waals surface area contributed by atoms with Gasteiger partial charge < -0.3 is 5.11 Å². The van der Waals surface area contributed by atoms with Crippen LogP contribution in [0.1, 0.15) is 59.3 Å². The second-order valence-corrected chi connectivity index (χ2v) is 5.81. The predicted octanol–water partition coefficient (Wildman–Crippen LogP) is 2.33. The molecule has 0 aromatic carbocycles. The Morgan fingerprint density at radius 3 is 2.56 bits per heavy atom. The lowest BCUT2D eigenvalue weighted by Crippen LogP contribution is -2.53. The number of carbonyl (C=O) groups excluding carboxylic acids is 1. The van der Waals surface area contributed by atoms with Crippen molar-refractivity contribution in [2.45, 2.75) is 70.4 Å². The molecule has 0 aromatic rings. The number of aliphatic hydroxyl groups is 1. The normalized spacial score (nSPS) is 36.3. The van der Waals surface area contributed by atoms with Crippen molar-refractivity contribution in [2.24, 2.45) is 5.92 Å². The molecule has 1 fully saturated rings. The number of Topliss-reactive ketones (excluding diaryl/α,β-unsaturated/α-hetero) is 1. The van der Waals surface area contributed by atoms with Crippen molar-refractivity contribution >= 4 is 5.78 Å². The predicted molar refractivity (Wildman–Crippen MR) is 67.9 cm³/mol. The number of hydrogen-bond donors (Lipinski definition) is 1. The van der Waals surface area contributed by atoms with Crippen LogP contribution in [0.5, 0.6) is 0 Å². The second-order valence-electron chi connectivity index (χ2n) is 5.81. The molecule has 0 heterocycles. The smallest absolute Gasteiger partial charge is 0.223 e. The number of carbonyl (C=O) groups is 1. The van der Waals surface area contributed by atoms with E-state index in [1.165, 1.54) is 6.92 Å². The van der Waals surface area contributed by atoms with Gasteiger partial charge in [0.2, 0.25) is 5.54 Å². The highest BCUT2D eigenvalue weighted by Crippen LogP contribution is 2.43. The largest absolute Gasteiger partial charge is 0.389 e. The first-order valence-electron chi connectivity index (χ1n) is 6.62. The number of ketones is 1. The van der Waals surface area contributed by atoms with Crippen LogP contribution in [-0.4, -0.2) is 27.0 Å². The van der Waals surface area contributed by atoms with Crippen molar-refractivity contribution in [3.63, 3.8) is 0 Å². The van der Waals surface area contributed by atoms with Crippen LogP contribution < -0.4 is 0 Å². The number of nitrogens with zero attached hydrogens (tertiary/aromatic N) is 1. The molecule has 104 valence electrons. The lowest BCUT2D eigenvalue weighted by molar-refractivity contribution is -0.579. The molecule has 1 aliphatic carbocycles. The van der Waals surface area contributed by atoms with Crippen molar-refractivity contribution in [1.82, 2.24) is 0 Å². The van der Waals surface area contributed by atoms with Crippen LogP contribution >= 0.6 is 0 Å². The van der Waals surface area contributed by atoms with E-state index in [0.717, 1.165) is 12.8 Å². The van der Waals surface area contributed by atoms with Crippen LogP contribution in [0, 0.1) is 16.0 Å². The minimum Gasteiger partial charge on any atom is -0.389 e. The summed E-state index contributed by atoms with van der Waals surface area (Å²) in [4.78, 5) is 22.8. The van der Waals surface area contributed by atoms with Crippen molar-refractivity contribution in [2.75, 3.05) is 0 Å². The molecule has 0 amide bonds. The van der Waals surface area contributed by atoms with Crippen LogP contribution in [0.3, 0.4) is 0 Å². The van der Waals surface area contributed by atoms with Gasteiger partial charge in [0.1, 0.15) is 5.78 Å². The third-order valence-corrected chi connectivity index (χ3v) is 4.30. The SMILES string of the molecule is CCCC[C@@]1([N+](=O)[O-])CC[C@@](C)(O)[C@@H](C(C)=O)C1. The second kappa shape index (κ2) is 5.34. The van der Waals surface area contributed by atoms with E-state index < -0.39 is 17.1 Å². The lowest BCUT2D eigenvalue weighted by atomic mass is 9.65. The third kappa shape index (κ3) is 2.88. The highest BCUT2D eigenvalue weighted by molar-refractivity contribution is 5.79. The van der Waals surface area contributed by atoms with Gasteiger partial charge in [0.15, 0.2) is 0 Å². The fourth-order valence-electron chi connectivity index (χ4n) is 2.93. The molecule has 5 heteroatoms. The van der Waals surface area contributed by atoms with E-state index in [0.29, 0.717) is 19.3 Å². The summed E-state index contributed by atoms with van der Waals surface area (Å²) >= 11 is 0. The van der Waals surface area contributed by atoms with Crippen molar-refractivity contribution in [1.29, 1.82) is 0 Å². The quantitative estimate of drug-likeness (QED) is 0.605. The summed E-state index contributed by atoms with van der Waals surface area (Å²) in [6, 6.07) is 0. The molecular formula is C13H23NO4. The van der Waals surface area contributed by atoms with Crippen LogP contribution in [0.25, 0.3) is 0 Å². The van der Waals surface area contributed by atoms with Crippen LogP contribution in [0.4, 0.5) is 0 Å². The maximum absolute atomic E-state index is 11.6. The van der Waals surface area contributed by atoms with E-state index in [4.69, 9.17) is 0 Å². The summed E-state index contributed by atoms with van der Waals surface area (Å²) in [6.07, 6.45) is 3.03. The Bertz CT molecular complexity index is 340. The molecule has 1 aliphatic rings. The first kappa shape index (κ1) is 15.1. The summed E-state index contributed by atoms with van der Waals surface area (Å²) in [5.41, 5.74) is -2.12. The van der Waals surface area contributed by atoms with Crippen molar-refractivity contribution < 1.29 is 14.8 Å². The fraction of sp³-hybridized carbons (Fsp3) is 0.923. The molecular weight excluding hydrogens is 234 g/mol. The lowest BCUT2D eigenvalue weighted by Gasteiger charge is -2.42. The van der Waals surface area contributed by atoms with Gasteiger partial charge in [0, 0.05) is 24.2 Å². The van der Waals surface area contributed by atoms with E-state index >= 15 is 0 Å². The van der Waals surface area contributed by atoms with Crippen LogP contribution in [0.15, 0.2) is 0 Å². The van der Waals surface area contributed by atoms with Gasteiger partial charge >= 0.3 is 0 Å². The van der Waals surface area contributed by atoms with Gasteiger partial charge in [-0.2, -0.15) is 0 Å². The first-order valence-corrected chi connectivity index (χ1v) is 6.62. The van der Waals surface area contributed by atoms with Crippen LogP contribution in [-0.2, 0) is 4.79 Å². The monoisotopic (exact) mass is 257 g/mol.